The van der Waals surface area contributed by atoms with Gasteiger partial charge in [-0.25, -0.2) is 4.39 Å². The number of nitrogens with two attached hydrogens (primary N) is 1. The Kier molecular flexibility index (Phi) is 4.83. The van der Waals surface area contributed by atoms with Crippen LogP contribution in [0, 0.1) is 5.82 Å². The summed E-state index contributed by atoms with van der Waals surface area (Å²) in [6, 6.07) is 6.65. The number of benzene rings is 1. The second-order valence-corrected chi connectivity index (χ2v) is 5.63. The summed E-state index contributed by atoms with van der Waals surface area (Å²) in [6.45, 7) is 10.9. The van der Waals surface area contributed by atoms with Gasteiger partial charge in [0, 0.05) is 13.1 Å². The maximum Gasteiger partial charge on any atom is 0.192 e. The minimum atomic E-state index is -0.287. The second-order valence-electron chi connectivity index (χ2n) is 5.63. The van der Waals surface area contributed by atoms with Crippen LogP contribution >= 0.6 is 0 Å². The number of hydrogen-bond donors (Lipinski definition) is 1. The monoisotopic (exact) mass is 292 g/mol. The number of halogens is 1. The van der Waals surface area contributed by atoms with Gasteiger partial charge in [0.15, 0.2) is 5.96 Å². The predicted octanol–water partition coefficient (Wildman–Crippen LogP) is 2.01. The molecule has 0 aliphatic carbocycles. The van der Waals surface area contributed by atoms with E-state index < -0.39 is 0 Å². The molecule has 21 heavy (non-hydrogen) atoms. The van der Waals surface area contributed by atoms with E-state index in [4.69, 9.17) is 5.73 Å². The molecule has 0 saturated carbocycles. The fourth-order valence-electron chi connectivity index (χ4n) is 2.86. The zero-order chi connectivity index (χ0) is 15.5. The highest BCUT2D eigenvalue weighted by molar-refractivity contribution is 5.81. The first kappa shape index (κ1) is 15.8. The molecule has 1 aromatic carbocycles. The average molecular weight is 292 g/mol. The summed E-state index contributed by atoms with van der Waals surface area (Å²) in [5.74, 6) is 0.359. The van der Waals surface area contributed by atoms with Crippen LogP contribution < -0.4 is 5.73 Å². The van der Waals surface area contributed by atoms with Crippen LogP contribution in [0.25, 0.3) is 0 Å². The van der Waals surface area contributed by atoms with Crippen LogP contribution in [0.5, 0.6) is 0 Å². The van der Waals surface area contributed by atoms with E-state index in [1.807, 2.05) is 12.1 Å². The van der Waals surface area contributed by atoms with Crippen molar-refractivity contribution in [1.82, 2.24) is 9.80 Å². The van der Waals surface area contributed by atoms with Gasteiger partial charge in [-0.05, 0) is 37.7 Å². The Bertz CT molecular complexity index is 496. The molecule has 2 rings (SSSR count). The van der Waals surface area contributed by atoms with E-state index in [1.54, 1.807) is 0 Å². The Morgan fingerprint density at radius 1 is 1.29 bits per heavy atom. The van der Waals surface area contributed by atoms with Crippen molar-refractivity contribution >= 4 is 5.96 Å². The van der Waals surface area contributed by atoms with Gasteiger partial charge in [0.2, 0.25) is 0 Å². The van der Waals surface area contributed by atoms with E-state index in [-0.39, 0.29) is 11.4 Å². The third-order valence-electron chi connectivity index (χ3n) is 4.42. The Labute approximate surface area is 126 Å². The third-order valence-corrected chi connectivity index (χ3v) is 4.42. The zero-order valence-corrected chi connectivity index (χ0v) is 13.1. The molecule has 1 unspecified atom stereocenters. The highest BCUT2D eigenvalue weighted by atomic mass is 19.1. The Balaban J connectivity index is 2.16. The lowest BCUT2D eigenvalue weighted by Gasteiger charge is -2.37. The van der Waals surface area contributed by atoms with Crippen LogP contribution in [0.15, 0.2) is 29.3 Å². The largest absolute Gasteiger partial charge is 0.370 e. The van der Waals surface area contributed by atoms with Crippen LogP contribution in [0.3, 0.4) is 0 Å². The van der Waals surface area contributed by atoms with Crippen LogP contribution in [0.2, 0.25) is 0 Å². The van der Waals surface area contributed by atoms with Crippen molar-refractivity contribution in [3.8, 4) is 0 Å². The Morgan fingerprint density at radius 3 is 2.48 bits per heavy atom. The number of nitrogens with zero attached hydrogens (tertiary/aromatic N) is 3. The minimum absolute atomic E-state index is 0.219. The van der Waals surface area contributed by atoms with Crippen LogP contribution in [-0.2, 0) is 5.54 Å². The first-order valence-corrected chi connectivity index (χ1v) is 7.57. The lowest BCUT2D eigenvalue weighted by atomic mass is 9.91. The minimum Gasteiger partial charge on any atom is -0.370 e. The molecule has 1 heterocycles. The van der Waals surface area contributed by atoms with Gasteiger partial charge < -0.3 is 15.5 Å². The summed E-state index contributed by atoms with van der Waals surface area (Å²) in [5, 5.41) is 0. The van der Waals surface area contributed by atoms with Gasteiger partial charge in [-0.3, -0.25) is 4.99 Å². The molecule has 0 radical (unpaired) electrons. The van der Waals surface area contributed by atoms with Crippen molar-refractivity contribution in [2.75, 3.05) is 32.7 Å². The molecular weight excluding hydrogens is 267 g/mol. The smallest absolute Gasteiger partial charge is 0.192 e. The molecule has 0 saturated heterocycles. The summed E-state index contributed by atoms with van der Waals surface area (Å²) in [5.41, 5.74) is 6.84. The lowest BCUT2D eigenvalue weighted by Crippen LogP contribution is -2.50. The van der Waals surface area contributed by atoms with E-state index in [1.165, 1.54) is 12.1 Å². The van der Waals surface area contributed by atoms with E-state index >= 15 is 0 Å². The van der Waals surface area contributed by atoms with Crippen LogP contribution in [0.1, 0.15) is 26.3 Å². The molecule has 1 atom stereocenters. The van der Waals surface area contributed by atoms with Gasteiger partial charge in [0.25, 0.3) is 0 Å². The predicted molar refractivity (Wildman–Crippen MR) is 84.7 cm³/mol. The SMILES string of the molecule is CCN(CC)CCN1C(N)=NCC1(C)c1ccc(F)cc1. The topological polar surface area (TPSA) is 44.9 Å². The third kappa shape index (κ3) is 3.18. The second kappa shape index (κ2) is 6.43. The molecule has 5 heteroatoms. The average Bonchev–Trinajstić information content (AvgIpc) is 2.78. The molecule has 116 valence electrons. The quantitative estimate of drug-likeness (QED) is 0.872. The Morgan fingerprint density at radius 2 is 1.90 bits per heavy atom. The Hall–Kier alpha value is -1.62. The fourth-order valence-corrected chi connectivity index (χ4v) is 2.86. The van der Waals surface area contributed by atoms with Gasteiger partial charge in [-0.2, -0.15) is 0 Å². The van der Waals surface area contributed by atoms with Crippen molar-refractivity contribution < 1.29 is 4.39 Å². The molecule has 0 amide bonds. The molecule has 0 fully saturated rings. The number of hydrogen-bond acceptors (Lipinski definition) is 4. The summed E-state index contributed by atoms with van der Waals surface area (Å²) in [6.07, 6.45) is 0. The first-order valence-electron chi connectivity index (χ1n) is 7.57. The molecule has 4 nitrogen and oxygen atoms in total. The van der Waals surface area contributed by atoms with Crippen LogP contribution in [0.4, 0.5) is 4.39 Å². The molecule has 0 aromatic heterocycles. The number of likely N-dealkylation sites (N-methyl/N-ethyl adjacent to an activating group) is 1. The molecule has 1 aliphatic rings. The highest BCUT2D eigenvalue weighted by Crippen LogP contribution is 2.32. The van der Waals surface area contributed by atoms with Gasteiger partial charge in [-0.15, -0.1) is 0 Å². The van der Waals surface area contributed by atoms with Crippen molar-refractivity contribution in [3.63, 3.8) is 0 Å². The van der Waals surface area contributed by atoms with Crippen molar-refractivity contribution in [3.05, 3.63) is 35.6 Å². The summed E-state index contributed by atoms with van der Waals surface area (Å²) < 4.78 is 13.1. The lowest BCUT2D eigenvalue weighted by molar-refractivity contribution is 0.188. The molecule has 0 bridgehead atoms. The normalized spacial score (nSPS) is 22.0. The van der Waals surface area contributed by atoms with E-state index in [9.17, 15) is 4.39 Å². The molecule has 2 N–H and O–H groups in total. The van der Waals surface area contributed by atoms with Crippen molar-refractivity contribution in [2.45, 2.75) is 26.3 Å². The molecule has 0 spiro atoms. The summed E-state index contributed by atoms with van der Waals surface area (Å²) >= 11 is 0. The molecular formula is C16H25FN4. The number of guanidine groups is 1. The highest BCUT2D eigenvalue weighted by Gasteiger charge is 2.39. The zero-order valence-electron chi connectivity index (χ0n) is 13.1. The standard InChI is InChI=1S/C16H25FN4/c1-4-20(5-2)10-11-21-15(18)19-12-16(21,3)13-6-8-14(17)9-7-13/h6-9H,4-5,10-12H2,1-3H3,(H2,18,19). The first-order chi connectivity index (χ1) is 10.0. The fraction of sp³-hybridized carbons (Fsp3) is 0.562. The van der Waals surface area contributed by atoms with E-state index in [0.717, 1.165) is 31.7 Å². The summed E-state index contributed by atoms with van der Waals surface area (Å²) in [7, 11) is 0. The van der Waals surface area contributed by atoms with Gasteiger partial charge >= 0.3 is 0 Å². The maximum absolute atomic E-state index is 13.1. The van der Waals surface area contributed by atoms with E-state index in [2.05, 4.69) is 35.6 Å². The number of rotatable bonds is 6. The van der Waals surface area contributed by atoms with Gasteiger partial charge in [-0.1, -0.05) is 26.0 Å². The van der Waals surface area contributed by atoms with Crippen molar-refractivity contribution in [2.24, 2.45) is 10.7 Å². The maximum atomic E-state index is 13.1. The molecule has 1 aliphatic heterocycles. The van der Waals surface area contributed by atoms with Gasteiger partial charge in [0.1, 0.15) is 5.82 Å². The molecule has 1 aromatic rings. The summed E-state index contributed by atoms with van der Waals surface area (Å²) in [4.78, 5) is 8.90. The number of aliphatic imine (C=N–C) groups is 1. The van der Waals surface area contributed by atoms with Crippen LogP contribution in [-0.4, -0.2) is 48.5 Å². The van der Waals surface area contributed by atoms with E-state index in [0.29, 0.717) is 12.5 Å². The van der Waals surface area contributed by atoms with Gasteiger partial charge in [0.05, 0.1) is 12.1 Å². The van der Waals surface area contributed by atoms with Crippen molar-refractivity contribution in [1.29, 1.82) is 0 Å².